The maximum Gasteiger partial charge on any atom is 0.256 e. The molecule has 2 nitrogen and oxygen atoms in total. The molecule has 0 spiro atoms. The molecule has 0 aromatic rings. The summed E-state index contributed by atoms with van der Waals surface area (Å²) in [6.07, 6.45) is -1.27. The quantitative estimate of drug-likeness (QED) is 0.738. The lowest BCUT2D eigenvalue weighted by Gasteiger charge is -2.45. The second kappa shape index (κ2) is 3.50. The first-order valence-corrected chi connectivity index (χ1v) is 4.57. The van der Waals surface area contributed by atoms with Gasteiger partial charge in [-0.05, 0) is 19.8 Å². The van der Waals surface area contributed by atoms with Crippen LogP contribution in [0.1, 0.15) is 26.7 Å². The molecule has 1 atom stereocenters. The van der Waals surface area contributed by atoms with Crippen molar-refractivity contribution in [2.75, 3.05) is 13.2 Å². The van der Waals surface area contributed by atoms with Crippen molar-refractivity contribution in [2.24, 2.45) is 11.1 Å². The molecular formula is C9H17F2NO. The van der Waals surface area contributed by atoms with Crippen molar-refractivity contribution < 1.29 is 13.5 Å². The van der Waals surface area contributed by atoms with Crippen molar-refractivity contribution in [2.45, 2.75) is 38.7 Å². The number of halogens is 2. The van der Waals surface area contributed by atoms with Gasteiger partial charge in [-0.3, -0.25) is 0 Å². The third kappa shape index (κ3) is 2.17. The van der Waals surface area contributed by atoms with Crippen LogP contribution < -0.4 is 5.73 Å². The lowest BCUT2D eigenvalue weighted by Crippen LogP contribution is -2.54. The SMILES string of the molecule is CCC1(CC(C)(N)C(F)F)COC1. The molecule has 78 valence electrons. The predicted octanol–water partition coefficient (Wildman–Crippen LogP) is 1.79. The predicted molar refractivity (Wildman–Crippen MR) is 46.8 cm³/mol. The van der Waals surface area contributed by atoms with Crippen LogP contribution in [0.5, 0.6) is 0 Å². The molecular weight excluding hydrogens is 176 g/mol. The zero-order valence-electron chi connectivity index (χ0n) is 8.15. The monoisotopic (exact) mass is 193 g/mol. The molecule has 2 N–H and O–H groups in total. The molecule has 1 aliphatic heterocycles. The summed E-state index contributed by atoms with van der Waals surface area (Å²) in [5.41, 5.74) is 4.05. The number of hydrogen-bond acceptors (Lipinski definition) is 2. The number of ether oxygens (including phenoxy) is 1. The number of nitrogens with two attached hydrogens (primary N) is 1. The Morgan fingerprint density at radius 1 is 1.54 bits per heavy atom. The lowest BCUT2D eigenvalue weighted by molar-refractivity contribution is -0.137. The molecule has 1 heterocycles. The largest absolute Gasteiger partial charge is 0.380 e. The molecule has 0 aliphatic carbocycles. The zero-order chi connectivity index (χ0) is 10.1. The fourth-order valence-electron chi connectivity index (χ4n) is 1.71. The molecule has 0 radical (unpaired) electrons. The highest BCUT2D eigenvalue weighted by molar-refractivity contribution is 4.95. The third-order valence-corrected chi connectivity index (χ3v) is 2.82. The van der Waals surface area contributed by atoms with E-state index in [-0.39, 0.29) is 5.41 Å². The summed E-state index contributed by atoms with van der Waals surface area (Å²) in [6, 6.07) is 0. The van der Waals surface area contributed by atoms with Gasteiger partial charge >= 0.3 is 0 Å². The molecule has 13 heavy (non-hydrogen) atoms. The van der Waals surface area contributed by atoms with Gasteiger partial charge in [-0.25, -0.2) is 8.78 Å². The van der Waals surface area contributed by atoms with Crippen LogP contribution in [0.4, 0.5) is 8.78 Å². The first-order chi connectivity index (χ1) is 5.92. The Labute approximate surface area is 77.4 Å². The summed E-state index contributed by atoms with van der Waals surface area (Å²) in [4.78, 5) is 0. The van der Waals surface area contributed by atoms with Gasteiger partial charge in [0.15, 0.2) is 0 Å². The highest BCUT2D eigenvalue weighted by Gasteiger charge is 2.45. The van der Waals surface area contributed by atoms with Crippen LogP contribution >= 0.6 is 0 Å². The average molecular weight is 193 g/mol. The Kier molecular flexibility index (Phi) is 2.92. The highest BCUT2D eigenvalue weighted by atomic mass is 19.3. The second-order valence-electron chi connectivity index (χ2n) is 4.33. The Bertz CT molecular complexity index is 173. The van der Waals surface area contributed by atoms with Crippen LogP contribution in [-0.2, 0) is 4.74 Å². The summed E-state index contributed by atoms with van der Waals surface area (Å²) >= 11 is 0. The van der Waals surface area contributed by atoms with Gasteiger partial charge in [-0.15, -0.1) is 0 Å². The summed E-state index contributed by atoms with van der Waals surface area (Å²) in [5.74, 6) is 0. The lowest BCUT2D eigenvalue weighted by atomic mass is 9.73. The summed E-state index contributed by atoms with van der Waals surface area (Å²) in [6.45, 7) is 4.55. The number of rotatable bonds is 4. The molecule has 1 fully saturated rings. The van der Waals surface area contributed by atoms with Crippen molar-refractivity contribution >= 4 is 0 Å². The molecule has 1 rings (SSSR count). The molecule has 1 aliphatic rings. The van der Waals surface area contributed by atoms with E-state index in [1.165, 1.54) is 6.92 Å². The van der Waals surface area contributed by atoms with Gasteiger partial charge in [-0.1, -0.05) is 6.92 Å². The van der Waals surface area contributed by atoms with E-state index in [2.05, 4.69) is 0 Å². The minimum atomic E-state index is -2.46. The second-order valence-corrected chi connectivity index (χ2v) is 4.33. The average Bonchev–Trinajstić information content (AvgIpc) is 1.96. The van der Waals surface area contributed by atoms with Gasteiger partial charge < -0.3 is 10.5 Å². The van der Waals surface area contributed by atoms with Gasteiger partial charge in [0.25, 0.3) is 6.43 Å². The van der Waals surface area contributed by atoms with Gasteiger partial charge in [-0.2, -0.15) is 0 Å². The van der Waals surface area contributed by atoms with Gasteiger partial charge in [0, 0.05) is 5.41 Å². The minimum absolute atomic E-state index is 0.0973. The summed E-state index contributed by atoms with van der Waals surface area (Å²) in [7, 11) is 0. The molecule has 0 amide bonds. The molecule has 0 bridgehead atoms. The van der Waals surface area contributed by atoms with Gasteiger partial charge in [0.2, 0.25) is 0 Å². The van der Waals surface area contributed by atoms with Crippen molar-refractivity contribution in [3.63, 3.8) is 0 Å². The first kappa shape index (κ1) is 10.9. The van der Waals surface area contributed by atoms with Crippen LogP contribution in [0.2, 0.25) is 0 Å². The summed E-state index contributed by atoms with van der Waals surface area (Å²) in [5, 5.41) is 0. The van der Waals surface area contributed by atoms with Crippen LogP contribution in [0.15, 0.2) is 0 Å². The molecule has 0 aromatic heterocycles. The van der Waals surface area contributed by atoms with Crippen molar-refractivity contribution in [3.8, 4) is 0 Å². The normalized spacial score (nSPS) is 25.4. The molecule has 1 saturated heterocycles. The van der Waals surface area contributed by atoms with E-state index in [4.69, 9.17) is 10.5 Å². The number of hydrogen-bond donors (Lipinski definition) is 1. The van der Waals surface area contributed by atoms with E-state index in [0.717, 1.165) is 6.42 Å². The fraction of sp³-hybridized carbons (Fsp3) is 1.00. The molecule has 0 saturated carbocycles. The minimum Gasteiger partial charge on any atom is -0.380 e. The van der Waals surface area contributed by atoms with Crippen molar-refractivity contribution in [1.82, 2.24) is 0 Å². The molecule has 1 unspecified atom stereocenters. The Morgan fingerprint density at radius 3 is 2.31 bits per heavy atom. The Morgan fingerprint density at radius 2 is 2.08 bits per heavy atom. The van der Waals surface area contributed by atoms with E-state index in [1.807, 2.05) is 6.92 Å². The highest BCUT2D eigenvalue weighted by Crippen LogP contribution is 2.39. The van der Waals surface area contributed by atoms with E-state index in [9.17, 15) is 8.78 Å². The standard InChI is InChI=1S/C9H17F2NO/c1-3-9(5-13-6-9)4-8(2,12)7(10)11/h7H,3-6,12H2,1-2H3. The molecule has 4 heteroatoms. The van der Waals surface area contributed by atoms with Crippen LogP contribution in [0.25, 0.3) is 0 Å². The van der Waals surface area contributed by atoms with E-state index in [0.29, 0.717) is 19.6 Å². The van der Waals surface area contributed by atoms with E-state index >= 15 is 0 Å². The smallest absolute Gasteiger partial charge is 0.256 e. The fourth-order valence-corrected chi connectivity index (χ4v) is 1.71. The third-order valence-electron chi connectivity index (χ3n) is 2.82. The number of alkyl halides is 2. The van der Waals surface area contributed by atoms with E-state index in [1.54, 1.807) is 0 Å². The Hall–Kier alpha value is -0.220. The first-order valence-electron chi connectivity index (χ1n) is 4.57. The van der Waals surface area contributed by atoms with E-state index < -0.39 is 12.0 Å². The maximum absolute atomic E-state index is 12.5. The molecule has 0 aromatic carbocycles. The van der Waals surface area contributed by atoms with Crippen molar-refractivity contribution in [3.05, 3.63) is 0 Å². The van der Waals surface area contributed by atoms with Crippen molar-refractivity contribution in [1.29, 1.82) is 0 Å². The van der Waals surface area contributed by atoms with Crippen LogP contribution in [0, 0.1) is 5.41 Å². The topological polar surface area (TPSA) is 35.2 Å². The summed E-state index contributed by atoms with van der Waals surface area (Å²) < 4.78 is 30.0. The maximum atomic E-state index is 12.5. The van der Waals surface area contributed by atoms with Crippen LogP contribution in [-0.4, -0.2) is 25.2 Å². The van der Waals surface area contributed by atoms with Gasteiger partial charge in [0.05, 0.1) is 18.8 Å². The van der Waals surface area contributed by atoms with Gasteiger partial charge in [0.1, 0.15) is 0 Å². The Balaban J connectivity index is 2.55. The zero-order valence-corrected chi connectivity index (χ0v) is 8.15. The van der Waals surface area contributed by atoms with Crippen LogP contribution in [0.3, 0.4) is 0 Å².